The third kappa shape index (κ3) is 3.58. The molecular formula is C15H19ClFN3. The summed E-state index contributed by atoms with van der Waals surface area (Å²) in [5.74, 6) is 0.791. The molecule has 2 rings (SSSR count). The first-order chi connectivity index (χ1) is 9.61. The maximum absolute atomic E-state index is 13.8. The van der Waals surface area contributed by atoms with Crippen molar-refractivity contribution in [1.82, 2.24) is 14.9 Å². The number of likely N-dealkylation sites (N-methyl/N-ethyl adjacent to an activating group) is 1. The molecular weight excluding hydrogens is 277 g/mol. The monoisotopic (exact) mass is 295 g/mol. The van der Waals surface area contributed by atoms with E-state index in [-0.39, 0.29) is 11.9 Å². The molecule has 0 aliphatic heterocycles. The Morgan fingerprint density at radius 1 is 1.45 bits per heavy atom. The molecule has 0 saturated heterocycles. The minimum atomic E-state index is -0.241. The summed E-state index contributed by atoms with van der Waals surface area (Å²) in [6, 6.07) is 4.97. The molecule has 3 nitrogen and oxygen atoms in total. The smallest absolute Gasteiger partial charge is 0.127 e. The first kappa shape index (κ1) is 15.0. The molecule has 2 aromatic rings. The second kappa shape index (κ2) is 6.86. The van der Waals surface area contributed by atoms with Crippen LogP contribution in [0.4, 0.5) is 4.39 Å². The number of halogens is 2. The maximum Gasteiger partial charge on any atom is 0.127 e. The lowest BCUT2D eigenvalue weighted by Gasteiger charge is -2.17. The second-order valence-corrected chi connectivity index (χ2v) is 5.29. The van der Waals surface area contributed by atoms with Crippen molar-refractivity contribution in [3.05, 3.63) is 52.8 Å². The van der Waals surface area contributed by atoms with Crippen molar-refractivity contribution in [2.75, 3.05) is 7.05 Å². The zero-order valence-electron chi connectivity index (χ0n) is 11.7. The number of hydrogen-bond acceptors (Lipinski definition) is 2. The average Bonchev–Trinajstić information content (AvgIpc) is 2.83. The summed E-state index contributed by atoms with van der Waals surface area (Å²) in [6.45, 7) is 0. The molecule has 0 spiro atoms. The third-order valence-electron chi connectivity index (χ3n) is 3.56. The van der Waals surface area contributed by atoms with E-state index in [9.17, 15) is 4.39 Å². The van der Waals surface area contributed by atoms with Crippen LogP contribution in [0.5, 0.6) is 0 Å². The molecule has 0 amide bonds. The first-order valence-electron chi connectivity index (χ1n) is 6.68. The Bertz CT molecular complexity index is 548. The minimum absolute atomic E-state index is 0.168. The summed E-state index contributed by atoms with van der Waals surface area (Å²) in [5.41, 5.74) is 0.577. The van der Waals surface area contributed by atoms with Crippen molar-refractivity contribution in [3.63, 3.8) is 0 Å². The van der Waals surface area contributed by atoms with Crippen LogP contribution in [0.2, 0.25) is 5.02 Å². The van der Waals surface area contributed by atoms with Crippen molar-refractivity contribution >= 4 is 11.6 Å². The standard InChI is InChI=1S/C15H19ClFN3/c1-18-11(6-7-15-19-8-9-20(15)2)10-12-13(16)4-3-5-14(12)17/h3-5,8-9,11,18H,6-7,10H2,1-2H3. The van der Waals surface area contributed by atoms with E-state index in [1.54, 1.807) is 18.3 Å². The van der Waals surface area contributed by atoms with E-state index in [0.29, 0.717) is 17.0 Å². The third-order valence-corrected chi connectivity index (χ3v) is 3.91. The predicted octanol–water partition coefficient (Wildman–Crippen LogP) is 2.98. The lowest BCUT2D eigenvalue weighted by Crippen LogP contribution is -2.29. The summed E-state index contributed by atoms with van der Waals surface area (Å²) in [7, 11) is 3.86. The van der Waals surface area contributed by atoms with Gasteiger partial charge in [0.1, 0.15) is 11.6 Å². The molecule has 1 aromatic carbocycles. The Morgan fingerprint density at radius 3 is 2.85 bits per heavy atom. The van der Waals surface area contributed by atoms with Crippen LogP contribution in [0, 0.1) is 5.82 Å². The number of aryl methyl sites for hydroxylation is 2. The minimum Gasteiger partial charge on any atom is -0.338 e. The highest BCUT2D eigenvalue weighted by atomic mass is 35.5. The quantitative estimate of drug-likeness (QED) is 0.888. The van der Waals surface area contributed by atoms with Crippen molar-refractivity contribution in [2.24, 2.45) is 7.05 Å². The van der Waals surface area contributed by atoms with Crippen molar-refractivity contribution in [1.29, 1.82) is 0 Å². The number of imidazole rings is 1. The van der Waals surface area contributed by atoms with Gasteiger partial charge in [-0.05, 0) is 32.0 Å². The van der Waals surface area contributed by atoms with E-state index in [1.807, 2.05) is 24.9 Å². The van der Waals surface area contributed by atoms with Crippen LogP contribution in [0.3, 0.4) is 0 Å². The number of nitrogens with zero attached hydrogens (tertiary/aromatic N) is 2. The van der Waals surface area contributed by atoms with Gasteiger partial charge in [0.25, 0.3) is 0 Å². The normalized spacial score (nSPS) is 12.6. The van der Waals surface area contributed by atoms with Gasteiger partial charge < -0.3 is 9.88 Å². The Morgan fingerprint density at radius 2 is 2.25 bits per heavy atom. The number of aromatic nitrogens is 2. The van der Waals surface area contributed by atoms with Gasteiger partial charge in [-0.15, -0.1) is 0 Å². The number of rotatable bonds is 6. The van der Waals surface area contributed by atoms with Crippen LogP contribution in [0.1, 0.15) is 17.8 Å². The second-order valence-electron chi connectivity index (χ2n) is 4.88. The highest BCUT2D eigenvalue weighted by molar-refractivity contribution is 6.31. The Kier molecular flexibility index (Phi) is 5.15. The molecule has 1 aromatic heterocycles. The zero-order chi connectivity index (χ0) is 14.5. The van der Waals surface area contributed by atoms with Crippen LogP contribution in [-0.2, 0) is 19.9 Å². The highest BCUT2D eigenvalue weighted by Crippen LogP contribution is 2.21. The molecule has 1 N–H and O–H groups in total. The van der Waals surface area contributed by atoms with Gasteiger partial charge in [0, 0.05) is 42.5 Å². The summed E-state index contributed by atoms with van der Waals surface area (Å²) in [5, 5.41) is 3.71. The van der Waals surface area contributed by atoms with Crippen molar-refractivity contribution in [2.45, 2.75) is 25.3 Å². The van der Waals surface area contributed by atoms with E-state index in [4.69, 9.17) is 11.6 Å². The van der Waals surface area contributed by atoms with Gasteiger partial charge in [0.2, 0.25) is 0 Å². The fourth-order valence-electron chi connectivity index (χ4n) is 2.26. The largest absolute Gasteiger partial charge is 0.338 e. The lowest BCUT2D eigenvalue weighted by molar-refractivity contribution is 0.496. The molecule has 108 valence electrons. The van der Waals surface area contributed by atoms with Gasteiger partial charge in [0.05, 0.1) is 0 Å². The van der Waals surface area contributed by atoms with E-state index >= 15 is 0 Å². The summed E-state index contributed by atoms with van der Waals surface area (Å²) in [6.07, 6.45) is 6.02. The van der Waals surface area contributed by atoms with Crippen LogP contribution >= 0.6 is 11.6 Å². The molecule has 0 radical (unpaired) electrons. The molecule has 0 bridgehead atoms. The SMILES string of the molecule is CNC(CCc1nccn1C)Cc1c(F)cccc1Cl. The molecule has 1 atom stereocenters. The molecule has 0 fully saturated rings. The van der Waals surface area contributed by atoms with Gasteiger partial charge in [0.15, 0.2) is 0 Å². The van der Waals surface area contributed by atoms with Crippen LogP contribution in [0.25, 0.3) is 0 Å². The highest BCUT2D eigenvalue weighted by Gasteiger charge is 2.14. The predicted molar refractivity (Wildman–Crippen MR) is 79.5 cm³/mol. The molecule has 5 heteroatoms. The fourth-order valence-corrected chi connectivity index (χ4v) is 2.50. The van der Waals surface area contributed by atoms with E-state index in [0.717, 1.165) is 18.7 Å². The topological polar surface area (TPSA) is 29.9 Å². The number of benzene rings is 1. The molecule has 20 heavy (non-hydrogen) atoms. The summed E-state index contributed by atoms with van der Waals surface area (Å²) < 4.78 is 15.8. The van der Waals surface area contributed by atoms with Crippen LogP contribution in [0.15, 0.2) is 30.6 Å². The molecule has 1 heterocycles. The zero-order valence-corrected chi connectivity index (χ0v) is 12.5. The number of hydrogen-bond donors (Lipinski definition) is 1. The molecule has 0 aliphatic rings. The lowest BCUT2D eigenvalue weighted by atomic mass is 10.0. The van der Waals surface area contributed by atoms with Gasteiger partial charge >= 0.3 is 0 Å². The molecule has 0 saturated carbocycles. The molecule has 0 aliphatic carbocycles. The van der Waals surface area contributed by atoms with Gasteiger partial charge in [-0.1, -0.05) is 17.7 Å². The summed E-state index contributed by atoms with van der Waals surface area (Å²) >= 11 is 6.07. The maximum atomic E-state index is 13.8. The average molecular weight is 296 g/mol. The van der Waals surface area contributed by atoms with Crippen LogP contribution < -0.4 is 5.32 Å². The van der Waals surface area contributed by atoms with Crippen molar-refractivity contribution < 1.29 is 4.39 Å². The Hall–Kier alpha value is -1.39. The number of nitrogens with one attached hydrogen (secondary N) is 1. The van der Waals surface area contributed by atoms with Crippen molar-refractivity contribution in [3.8, 4) is 0 Å². The fraction of sp³-hybridized carbons (Fsp3) is 0.400. The van der Waals surface area contributed by atoms with Gasteiger partial charge in [-0.25, -0.2) is 9.37 Å². The Balaban J connectivity index is 2.01. The first-order valence-corrected chi connectivity index (χ1v) is 7.06. The van der Waals surface area contributed by atoms with Gasteiger partial charge in [-0.2, -0.15) is 0 Å². The molecule has 1 unspecified atom stereocenters. The Labute approximate surface area is 123 Å². The van der Waals surface area contributed by atoms with Crippen LogP contribution in [-0.4, -0.2) is 22.6 Å². The van der Waals surface area contributed by atoms with E-state index in [2.05, 4.69) is 10.3 Å². The summed E-state index contributed by atoms with van der Waals surface area (Å²) in [4.78, 5) is 4.30. The van der Waals surface area contributed by atoms with E-state index in [1.165, 1.54) is 6.07 Å². The van der Waals surface area contributed by atoms with E-state index < -0.39 is 0 Å². The van der Waals surface area contributed by atoms with Gasteiger partial charge in [-0.3, -0.25) is 0 Å².